The maximum absolute atomic E-state index is 10.9. The molecule has 0 rings (SSSR count). The molecule has 0 aromatic carbocycles. The van der Waals surface area contributed by atoms with E-state index < -0.39 is 12.2 Å². The third-order valence-corrected chi connectivity index (χ3v) is 3.13. The Labute approximate surface area is 155 Å². The zero-order valence-corrected chi connectivity index (χ0v) is 15.5. The van der Waals surface area contributed by atoms with Crippen molar-refractivity contribution in [1.82, 2.24) is 9.80 Å². The minimum Gasteiger partial charge on any atom is -0.465 e. The summed E-state index contributed by atoms with van der Waals surface area (Å²) in [5, 5.41) is 17.9. The van der Waals surface area contributed by atoms with Crippen molar-refractivity contribution in [3.8, 4) is 23.7 Å². The zero-order valence-electron chi connectivity index (χ0n) is 15.5. The fourth-order valence-corrected chi connectivity index (χ4v) is 1.90. The van der Waals surface area contributed by atoms with Crippen LogP contribution in [0.15, 0.2) is 0 Å². The van der Waals surface area contributed by atoms with Gasteiger partial charge in [0.25, 0.3) is 0 Å². The normalized spacial score (nSPS) is 9.46. The van der Waals surface area contributed by atoms with E-state index in [4.69, 9.17) is 19.7 Å². The monoisotopic (exact) mass is 368 g/mol. The molecule has 0 heterocycles. The van der Waals surface area contributed by atoms with Gasteiger partial charge in [-0.3, -0.25) is 0 Å². The fourth-order valence-electron chi connectivity index (χ4n) is 1.90. The molecule has 0 aromatic rings. The smallest absolute Gasteiger partial charge is 0.407 e. The number of nitrogens with zero attached hydrogens (tertiary/aromatic N) is 2. The molecular weight excluding hydrogens is 340 g/mol. The molecule has 0 saturated heterocycles. The predicted octanol–water partition coefficient (Wildman–Crippen LogP) is 1.81. The van der Waals surface area contributed by atoms with Gasteiger partial charge in [-0.1, -0.05) is 25.7 Å². The molecule has 0 fully saturated rings. The first kappa shape index (κ1) is 23.6. The van der Waals surface area contributed by atoms with Crippen molar-refractivity contribution in [2.45, 2.75) is 26.7 Å². The summed E-state index contributed by atoms with van der Waals surface area (Å²) in [7, 11) is 0. The first-order valence-electron chi connectivity index (χ1n) is 8.59. The SMILES string of the molecule is CCCN(CCOCC#CC#CCOCCN(CCC)C(=O)O)C(=O)O. The third kappa shape index (κ3) is 12.9. The summed E-state index contributed by atoms with van der Waals surface area (Å²) in [6.07, 6.45) is -0.380. The lowest BCUT2D eigenvalue weighted by Crippen LogP contribution is -2.33. The second-order valence-electron chi connectivity index (χ2n) is 5.25. The van der Waals surface area contributed by atoms with Crippen LogP contribution in [0.1, 0.15) is 26.7 Å². The molecule has 8 nitrogen and oxygen atoms in total. The van der Waals surface area contributed by atoms with E-state index >= 15 is 0 Å². The number of amides is 2. The van der Waals surface area contributed by atoms with E-state index in [2.05, 4.69) is 23.7 Å². The van der Waals surface area contributed by atoms with Crippen LogP contribution in [0.25, 0.3) is 0 Å². The van der Waals surface area contributed by atoms with E-state index in [0.29, 0.717) is 26.2 Å². The van der Waals surface area contributed by atoms with Crippen molar-refractivity contribution in [3.05, 3.63) is 0 Å². The van der Waals surface area contributed by atoms with Crippen LogP contribution in [0.2, 0.25) is 0 Å². The van der Waals surface area contributed by atoms with Crippen LogP contribution in [0.5, 0.6) is 0 Å². The highest BCUT2D eigenvalue weighted by atomic mass is 16.5. The highest BCUT2D eigenvalue weighted by Crippen LogP contribution is 1.93. The predicted molar refractivity (Wildman–Crippen MR) is 97.0 cm³/mol. The number of ether oxygens (including phenoxy) is 2. The Hall–Kier alpha value is -2.42. The standard InChI is InChI=1S/C18H28N2O6/c1-3-9-19(17(21)22)11-15-25-13-7-5-6-8-14-26-16-12-20(10-4-2)18(23)24/h3-4,9-16H2,1-2H3,(H,21,22)(H,23,24). The molecule has 0 aliphatic heterocycles. The van der Waals surface area contributed by atoms with Gasteiger partial charge in [0.2, 0.25) is 0 Å². The molecule has 0 unspecified atom stereocenters. The zero-order chi connectivity index (χ0) is 19.6. The lowest BCUT2D eigenvalue weighted by atomic mass is 10.4. The van der Waals surface area contributed by atoms with Crippen LogP contribution in [0.3, 0.4) is 0 Å². The van der Waals surface area contributed by atoms with Crippen molar-refractivity contribution in [2.75, 3.05) is 52.6 Å². The van der Waals surface area contributed by atoms with Gasteiger partial charge >= 0.3 is 12.2 Å². The van der Waals surface area contributed by atoms with Crippen LogP contribution >= 0.6 is 0 Å². The molecule has 2 N–H and O–H groups in total. The Morgan fingerprint density at radius 2 is 1.15 bits per heavy atom. The van der Waals surface area contributed by atoms with E-state index in [1.165, 1.54) is 9.80 Å². The molecule has 0 aromatic heterocycles. The van der Waals surface area contributed by atoms with Crippen molar-refractivity contribution < 1.29 is 29.3 Å². The first-order chi connectivity index (χ1) is 12.5. The number of carbonyl (C=O) groups is 2. The third-order valence-electron chi connectivity index (χ3n) is 3.13. The van der Waals surface area contributed by atoms with Crippen LogP contribution in [-0.2, 0) is 9.47 Å². The molecule has 0 radical (unpaired) electrons. The van der Waals surface area contributed by atoms with E-state index in [1.807, 2.05) is 13.8 Å². The van der Waals surface area contributed by atoms with Crippen molar-refractivity contribution >= 4 is 12.2 Å². The lowest BCUT2D eigenvalue weighted by molar-refractivity contribution is 0.108. The number of carboxylic acid groups (broad SMARTS) is 2. The molecule has 146 valence electrons. The second-order valence-corrected chi connectivity index (χ2v) is 5.25. The maximum Gasteiger partial charge on any atom is 0.407 e. The van der Waals surface area contributed by atoms with Gasteiger partial charge in [-0.2, -0.15) is 0 Å². The highest BCUT2D eigenvalue weighted by molar-refractivity contribution is 5.65. The molecule has 2 amide bonds. The van der Waals surface area contributed by atoms with E-state index in [1.54, 1.807) is 0 Å². The summed E-state index contributed by atoms with van der Waals surface area (Å²) < 4.78 is 10.5. The van der Waals surface area contributed by atoms with Crippen molar-refractivity contribution in [2.24, 2.45) is 0 Å². The van der Waals surface area contributed by atoms with Gasteiger partial charge in [0.05, 0.1) is 13.2 Å². The van der Waals surface area contributed by atoms with Crippen LogP contribution in [-0.4, -0.2) is 84.8 Å². The molecule has 0 spiro atoms. The molecule has 0 bridgehead atoms. The summed E-state index contributed by atoms with van der Waals surface area (Å²) in [5.74, 6) is 10.6. The summed E-state index contributed by atoms with van der Waals surface area (Å²) in [4.78, 5) is 24.4. The molecule has 0 aliphatic rings. The average molecular weight is 368 g/mol. The Bertz CT molecular complexity index is 481. The molecule has 0 atom stereocenters. The summed E-state index contributed by atoms with van der Waals surface area (Å²) >= 11 is 0. The lowest BCUT2D eigenvalue weighted by Gasteiger charge is -2.17. The van der Waals surface area contributed by atoms with Gasteiger partial charge in [0.1, 0.15) is 13.2 Å². The van der Waals surface area contributed by atoms with Crippen LogP contribution in [0, 0.1) is 23.7 Å². The Morgan fingerprint density at radius 3 is 1.46 bits per heavy atom. The summed E-state index contributed by atoms with van der Waals surface area (Å²) in [5.41, 5.74) is 0. The minimum atomic E-state index is -0.950. The quantitative estimate of drug-likeness (QED) is 0.403. The molecular formula is C18H28N2O6. The molecule has 0 aliphatic carbocycles. The fraction of sp³-hybridized carbons (Fsp3) is 0.667. The van der Waals surface area contributed by atoms with Crippen molar-refractivity contribution in [3.63, 3.8) is 0 Å². The highest BCUT2D eigenvalue weighted by Gasteiger charge is 2.09. The first-order valence-corrected chi connectivity index (χ1v) is 8.59. The number of hydrogen-bond acceptors (Lipinski definition) is 4. The van der Waals surface area contributed by atoms with Crippen molar-refractivity contribution in [1.29, 1.82) is 0 Å². The molecule has 0 saturated carbocycles. The molecule has 8 heteroatoms. The second kappa shape index (κ2) is 16.1. The average Bonchev–Trinajstić information content (AvgIpc) is 2.60. The number of hydrogen-bond donors (Lipinski definition) is 2. The van der Waals surface area contributed by atoms with Gasteiger partial charge < -0.3 is 29.5 Å². The summed E-state index contributed by atoms with van der Waals surface area (Å²) in [6.45, 7) is 6.36. The van der Waals surface area contributed by atoms with Gasteiger partial charge in [-0.15, -0.1) is 0 Å². The van der Waals surface area contributed by atoms with Gasteiger partial charge in [0.15, 0.2) is 0 Å². The minimum absolute atomic E-state index is 0.180. The maximum atomic E-state index is 10.9. The Balaban J connectivity index is 3.77. The Kier molecular flexibility index (Phi) is 14.6. The Morgan fingerprint density at radius 1 is 0.769 bits per heavy atom. The van der Waals surface area contributed by atoms with E-state index in [-0.39, 0.29) is 26.4 Å². The van der Waals surface area contributed by atoms with Gasteiger partial charge in [-0.05, 0) is 24.7 Å². The molecule has 26 heavy (non-hydrogen) atoms. The van der Waals surface area contributed by atoms with Crippen LogP contribution in [0.4, 0.5) is 9.59 Å². The van der Waals surface area contributed by atoms with Gasteiger partial charge in [0, 0.05) is 26.2 Å². The topological polar surface area (TPSA) is 99.5 Å². The van der Waals surface area contributed by atoms with E-state index in [0.717, 1.165) is 12.8 Å². The van der Waals surface area contributed by atoms with E-state index in [9.17, 15) is 9.59 Å². The van der Waals surface area contributed by atoms with Gasteiger partial charge in [-0.25, -0.2) is 9.59 Å². The summed E-state index contributed by atoms with van der Waals surface area (Å²) in [6, 6.07) is 0. The largest absolute Gasteiger partial charge is 0.465 e. The van der Waals surface area contributed by atoms with Crippen LogP contribution < -0.4 is 0 Å². The number of rotatable bonds is 12.